The van der Waals surface area contributed by atoms with E-state index < -0.39 is 16.0 Å². The van der Waals surface area contributed by atoms with Crippen LogP contribution in [0.4, 0.5) is 0 Å². The summed E-state index contributed by atoms with van der Waals surface area (Å²) in [5.41, 5.74) is -0.0153. The van der Waals surface area contributed by atoms with Gasteiger partial charge in [-0.25, -0.2) is 13.2 Å². The lowest BCUT2D eigenvalue weighted by Gasteiger charge is -2.32. The lowest BCUT2D eigenvalue weighted by molar-refractivity contribution is 0.0696. The first-order valence-electron chi connectivity index (χ1n) is 7.42. The van der Waals surface area contributed by atoms with Crippen LogP contribution in [0.25, 0.3) is 0 Å². The van der Waals surface area contributed by atoms with Gasteiger partial charge in [0.2, 0.25) is 10.0 Å². The molecule has 2 fully saturated rings. The molecule has 1 aromatic carbocycles. The van der Waals surface area contributed by atoms with Crippen molar-refractivity contribution in [3.63, 3.8) is 0 Å². The van der Waals surface area contributed by atoms with Crippen LogP contribution >= 0.6 is 11.6 Å². The summed E-state index contributed by atoms with van der Waals surface area (Å²) in [7, 11) is -3.67. The fourth-order valence-electron chi connectivity index (χ4n) is 3.13. The fourth-order valence-corrected chi connectivity index (χ4v) is 5.18. The molecule has 1 aliphatic carbocycles. The lowest BCUT2D eigenvalue weighted by atomic mass is 9.95. The fraction of sp³-hybridized carbons (Fsp3) is 0.533. The number of sulfonamides is 1. The largest absolute Gasteiger partial charge is 0.478 e. The molecule has 1 saturated carbocycles. The van der Waals surface area contributed by atoms with Crippen LogP contribution in [0.5, 0.6) is 0 Å². The van der Waals surface area contributed by atoms with Gasteiger partial charge >= 0.3 is 5.97 Å². The minimum atomic E-state index is -3.67. The molecule has 120 valence electrons. The van der Waals surface area contributed by atoms with Gasteiger partial charge in [-0.2, -0.15) is 4.31 Å². The Hall–Kier alpha value is -1.11. The number of hydrogen-bond acceptors (Lipinski definition) is 3. The maximum absolute atomic E-state index is 12.8. The molecule has 1 aromatic rings. The van der Waals surface area contributed by atoms with Gasteiger partial charge in [0.05, 0.1) is 10.6 Å². The summed E-state index contributed by atoms with van der Waals surface area (Å²) in [6.07, 6.45) is 4.35. The summed E-state index contributed by atoms with van der Waals surface area (Å²) in [6, 6.07) is 3.77. The number of aromatic carboxylic acids is 1. The highest BCUT2D eigenvalue weighted by Gasteiger charge is 2.38. The van der Waals surface area contributed by atoms with Crippen LogP contribution in [0, 0.1) is 11.8 Å². The van der Waals surface area contributed by atoms with Gasteiger partial charge in [0.1, 0.15) is 4.90 Å². The zero-order valence-corrected chi connectivity index (χ0v) is 13.6. The molecule has 0 spiro atoms. The Labute approximate surface area is 134 Å². The average molecular weight is 344 g/mol. The Morgan fingerprint density at radius 3 is 2.55 bits per heavy atom. The van der Waals surface area contributed by atoms with Crippen molar-refractivity contribution < 1.29 is 18.3 Å². The maximum atomic E-state index is 12.8. The van der Waals surface area contributed by atoms with Gasteiger partial charge in [-0.05, 0) is 55.7 Å². The number of carboxylic acid groups (broad SMARTS) is 1. The molecule has 3 rings (SSSR count). The van der Waals surface area contributed by atoms with E-state index in [0.29, 0.717) is 24.9 Å². The molecule has 0 unspecified atom stereocenters. The van der Waals surface area contributed by atoms with E-state index in [-0.39, 0.29) is 15.5 Å². The highest BCUT2D eigenvalue weighted by molar-refractivity contribution is 7.89. The molecule has 1 heterocycles. The number of benzene rings is 1. The monoisotopic (exact) mass is 343 g/mol. The third-order valence-corrected chi connectivity index (χ3v) is 6.85. The van der Waals surface area contributed by atoms with E-state index in [9.17, 15) is 13.2 Å². The number of nitrogens with zero attached hydrogens (tertiary/aromatic N) is 1. The molecule has 0 amide bonds. The maximum Gasteiger partial charge on any atom is 0.335 e. The quantitative estimate of drug-likeness (QED) is 0.912. The number of rotatable bonds is 4. The van der Waals surface area contributed by atoms with Crippen molar-refractivity contribution in [2.24, 2.45) is 11.8 Å². The highest BCUT2D eigenvalue weighted by Crippen LogP contribution is 2.42. The van der Waals surface area contributed by atoms with Crippen LogP contribution in [0.15, 0.2) is 23.1 Å². The lowest BCUT2D eigenvalue weighted by Crippen LogP contribution is -2.40. The van der Waals surface area contributed by atoms with Crippen molar-refractivity contribution in [3.8, 4) is 0 Å². The van der Waals surface area contributed by atoms with Gasteiger partial charge in [-0.15, -0.1) is 0 Å². The highest BCUT2D eigenvalue weighted by atomic mass is 35.5. The van der Waals surface area contributed by atoms with E-state index in [2.05, 4.69) is 0 Å². The van der Waals surface area contributed by atoms with Crippen molar-refractivity contribution >= 4 is 27.6 Å². The number of carboxylic acids is 1. The zero-order valence-electron chi connectivity index (χ0n) is 12.0. The SMILES string of the molecule is O=C(O)c1ccc(S(=O)(=O)N2CCC[C@H](C3CC3)C2)c(Cl)c1. The minimum Gasteiger partial charge on any atom is -0.478 e. The van der Waals surface area contributed by atoms with Crippen molar-refractivity contribution in [2.45, 2.75) is 30.6 Å². The Kier molecular flexibility index (Phi) is 4.18. The molecule has 2 aliphatic rings. The molecule has 1 saturated heterocycles. The van der Waals surface area contributed by atoms with Gasteiger partial charge in [0.15, 0.2) is 0 Å². The van der Waals surface area contributed by atoms with Crippen LogP contribution < -0.4 is 0 Å². The van der Waals surface area contributed by atoms with Crippen molar-refractivity contribution in [1.29, 1.82) is 0 Å². The Balaban J connectivity index is 1.87. The van der Waals surface area contributed by atoms with Crippen molar-refractivity contribution in [1.82, 2.24) is 4.31 Å². The molecule has 0 bridgehead atoms. The van der Waals surface area contributed by atoms with E-state index >= 15 is 0 Å². The summed E-state index contributed by atoms with van der Waals surface area (Å²) in [5, 5.41) is 8.90. The third kappa shape index (κ3) is 3.00. The number of hydrogen-bond donors (Lipinski definition) is 1. The normalized spacial score (nSPS) is 23.4. The van der Waals surface area contributed by atoms with E-state index in [1.807, 2.05) is 0 Å². The van der Waals surface area contributed by atoms with Gasteiger partial charge in [-0.3, -0.25) is 0 Å². The summed E-state index contributed by atoms with van der Waals surface area (Å²) >= 11 is 6.02. The Morgan fingerprint density at radius 1 is 1.23 bits per heavy atom. The Morgan fingerprint density at radius 2 is 1.95 bits per heavy atom. The molecular weight excluding hydrogens is 326 g/mol. The zero-order chi connectivity index (χ0) is 15.9. The molecule has 1 atom stereocenters. The predicted molar refractivity (Wildman–Crippen MR) is 82.6 cm³/mol. The molecule has 5 nitrogen and oxygen atoms in total. The first kappa shape index (κ1) is 15.8. The second kappa shape index (κ2) is 5.83. The molecule has 22 heavy (non-hydrogen) atoms. The van der Waals surface area contributed by atoms with Gasteiger partial charge in [-0.1, -0.05) is 11.6 Å². The standard InChI is InChI=1S/C15H18ClNO4S/c16-13-8-11(15(18)19)5-6-14(13)22(20,21)17-7-1-2-12(9-17)10-3-4-10/h5-6,8,10,12H,1-4,7,9H2,(H,18,19)/t12-/m0/s1. The number of piperidine rings is 1. The second-order valence-corrected chi connectivity index (χ2v) is 8.37. The smallest absolute Gasteiger partial charge is 0.335 e. The topological polar surface area (TPSA) is 74.7 Å². The summed E-state index contributed by atoms with van der Waals surface area (Å²) in [6.45, 7) is 1.05. The van der Waals surface area contributed by atoms with Crippen LogP contribution in [0.2, 0.25) is 5.02 Å². The first-order valence-corrected chi connectivity index (χ1v) is 9.24. The summed E-state index contributed by atoms with van der Waals surface area (Å²) in [5.74, 6) is -0.0129. The van der Waals surface area contributed by atoms with Gasteiger partial charge in [0, 0.05) is 13.1 Å². The molecular formula is C15H18ClNO4S. The van der Waals surface area contributed by atoms with Crippen LogP contribution in [-0.2, 0) is 10.0 Å². The third-order valence-electron chi connectivity index (χ3n) is 4.51. The number of halogens is 1. The molecule has 0 radical (unpaired) electrons. The first-order chi connectivity index (χ1) is 10.4. The average Bonchev–Trinajstić information content (AvgIpc) is 3.31. The molecule has 7 heteroatoms. The predicted octanol–water partition coefficient (Wildman–Crippen LogP) is 2.85. The van der Waals surface area contributed by atoms with E-state index in [0.717, 1.165) is 12.8 Å². The van der Waals surface area contributed by atoms with E-state index in [1.54, 1.807) is 0 Å². The molecule has 1 N–H and O–H groups in total. The minimum absolute atomic E-state index is 0.00406. The van der Waals surface area contributed by atoms with Crippen LogP contribution in [0.1, 0.15) is 36.0 Å². The van der Waals surface area contributed by atoms with Gasteiger partial charge in [0.25, 0.3) is 0 Å². The number of carbonyl (C=O) groups is 1. The van der Waals surface area contributed by atoms with Gasteiger partial charge < -0.3 is 5.11 Å². The van der Waals surface area contributed by atoms with E-state index in [4.69, 9.17) is 16.7 Å². The summed E-state index contributed by atoms with van der Waals surface area (Å²) < 4.78 is 27.0. The van der Waals surface area contributed by atoms with Crippen LogP contribution in [0.3, 0.4) is 0 Å². The van der Waals surface area contributed by atoms with E-state index in [1.165, 1.54) is 35.3 Å². The Bertz CT molecular complexity index is 699. The van der Waals surface area contributed by atoms with Crippen molar-refractivity contribution in [3.05, 3.63) is 28.8 Å². The summed E-state index contributed by atoms with van der Waals surface area (Å²) in [4.78, 5) is 10.9. The second-order valence-electron chi connectivity index (χ2n) is 6.05. The molecule has 1 aliphatic heterocycles. The molecule has 0 aromatic heterocycles. The van der Waals surface area contributed by atoms with Crippen molar-refractivity contribution in [2.75, 3.05) is 13.1 Å². The van der Waals surface area contributed by atoms with Crippen LogP contribution in [-0.4, -0.2) is 36.9 Å².